The zero-order valence-electron chi connectivity index (χ0n) is 16.0. The molecule has 0 unspecified atom stereocenters. The summed E-state index contributed by atoms with van der Waals surface area (Å²) in [6, 6.07) is 17.1. The molecule has 1 fully saturated rings. The molecular weight excluding hydrogens is 370 g/mol. The molecule has 0 bridgehead atoms. The van der Waals surface area contributed by atoms with Gasteiger partial charge in [0.15, 0.2) is 6.61 Å². The highest BCUT2D eigenvalue weighted by atomic mass is 16.5. The molecule has 1 atom stereocenters. The van der Waals surface area contributed by atoms with E-state index >= 15 is 0 Å². The lowest BCUT2D eigenvalue weighted by Gasteiger charge is -2.22. The molecule has 2 aromatic carbocycles. The smallest absolute Gasteiger partial charge is 0.340 e. The number of esters is 1. The molecule has 1 aliphatic carbocycles. The van der Waals surface area contributed by atoms with Gasteiger partial charge in [0, 0.05) is 5.56 Å². The maximum absolute atomic E-state index is 12.5. The van der Waals surface area contributed by atoms with E-state index in [0.29, 0.717) is 5.56 Å². The Morgan fingerprint density at radius 2 is 1.76 bits per heavy atom. The maximum atomic E-state index is 12.5. The zero-order chi connectivity index (χ0) is 20.9. The average Bonchev–Trinajstić information content (AvgIpc) is 3.59. The van der Waals surface area contributed by atoms with Crippen LogP contribution in [0.3, 0.4) is 0 Å². The first-order valence-corrected chi connectivity index (χ1v) is 9.28. The number of anilines is 1. The summed E-state index contributed by atoms with van der Waals surface area (Å²) in [5, 5.41) is 14.6. The highest BCUT2D eigenvalue weighted by Crippen LogP contribution is 2.39. The van der Waals surface area contributed by atoms with Crippen molar-refractivity contribution in [1.29, 1.82) is 5.26 Å². The number of nitrogens with zero attached hydrogens (tertiary/aromatic N) is 1. The minimum absolute atomic E-state index is 0.126. The summed E-state index contributed by atoms with van der Waals surface area (Å²) in [5.74, 6) is -1.52. The summed E-state index contributed by atoms with van der Waals surface area (Å²) >= 11 is 0. The number of rotatable bonds is 7. The molecule has 2 aromatic rings. The van der Waals surface area contributed by atoms with E-state index < -0.39 is 24.0 Å². The Labute approximate surface area is 168 Å². The van der Waals surface area contributed by atoms with E-state index in [4.69, 9.17) is 4.74 Å². The van der Waals surface area contributed by atoms with Crippen LogP contribution in [0.2, 0.25) is 0 Å². The van der Waals surface area contributed by atoms with E-state index in [-0.39, 0.29) is 23.1 Å². The number of hydrogen-bond acceptors (Lipinski definition) is 5. The minimum Gasteiger partial charge on any atom is -0.452 e. The van der Waals surface area contributed by atoms with Crippen molar-refractivity contribution in [3.8, 4) is 6.07 Å². The number of para-hydroxylation sites is 1. The molecule has 1 aliphatic rings. The van der Waals surface area contributed by atoms with Crippen LogP contribution < -0.4 is 10.6 Å². The fourth-order valence-electron chi connectivity index (χ4n) is 2.97. The number of benzene rings is 2. The van der Waals surface area contributed by atoms with Gasteiger partial charge in [0.1, 0.15) is 5.54 Å². The van der Waals surface area contributed by atoms with E-state index in [2.05, 4.69) is 16.7 Å². The monoisotopic (exact) mass is 391 g/mol. The van der Waals surface area contributed by atoms with Gasteiger partial charge in [0.2, 0.25) is 0 Å². The third-order valence-corrected chi connectivity index (χ3v) is 4.79. The average molecular weight is 391 g/mol. The van der Waals surface area contributed by atoms with Crippen molar-refractivity contribution in [2.75, 3.05) is 11.9 Å². The van der Waals surface area contributed by atoms with Gasteiger partial charge in [-0.2, -0.15) is 5.26 Å². The van der Waals surface area contributed by atoms with Crippen LogP contribution in [0.25, 0.3) is 0 Å². The Hall–Kier alpha value is -3.66. The van der Waals surface area contributed by atoms with E-state index in [9.17, 15) is 19.6 Å². The number of nitriles is 1. The van der Waals surface area contributed by atoms with Crippen LogP contribution in [0.4, 0.5) is 5.69 Å². The summed E-state index contributed by atoms with van der Waals surface area (Å²) in [5.41, 5.74) is -0.0854. The van der Waals surface area contributed by atoms with E-state index in [0.717, 1.165) is 12.8 Å². The Morgan fingerprint density at radius 3 is 2.41 bits per heavy atom. The van der Waals surface area contributed by atoms with Gasteiger partial charge in [0.05, 0.1) is 17.3 Å². The van der Waals surface area contributed by atoms with Crippen molar-refractivity contribution < 1.29 is 19.1 Å². The van der Waals surface area contributed by atoms with Crippen molar-refractivity contribution in [2.24, 2.45) is 5.92 Å². The van der Waals surface area contributed by atoms with Crippen LogP contribution in [0.1, 0.15) is 40.5 Å². The SMILES string of the molecule is C[C@](C#N)(NC(=O)COC(=O)c1ccccc1NC(=O)c1ccccc1)C1CC1. The molecule has 3 rings (SSSR count). The van der Waals surface area contributed by atoms with Crippen molar-refractivity contribution in [1.82, 2.24) is 5.32 Å². The Morgan fingerprint density at radius 1 is 1.10 bits per heavy atom. The van der Waals surface area contributed by atoms with E-state index in [1.165, 1.54) is 6.07 Å². The topological polar surface area (TPSA) is 108 Å². The van der Waals surface area contributed by atoms with Crippen LogP contribution in [-0.4, -0.2) is 29.9 Å². The third kappa shape index (κ3) is 4.99. The highest BCUT2D eigenvalue weighted by molar-refractivity contribution is 6.08. The number of amides is 2. The molecule has 0 aliphatic heterocycles. The largest absolute Gasteiger partial charge is 0.452 e. The fourth-order valence-corrected chi connectivity index (χ4v) is 2.97. The van der Waals surface area contributed by atoms with Crippen molar-refractivity contribution in [3.63, 3.8) is 0 Å². The predicted molar refractivity (Wildman–Crippen MR) is 106 cm³/mol. The first-order chi connectivity index (χ1) is 13.9. The first kappa shape index (κ1) is 20.1. The summed E-state index contributed by atoms with van der Waals surface area (Å²) < 4.78 is 5.10. The highest BCUT2D eigenvalue weighted by Gasteiger charge is 2.43. The van der Waals surface area contributed by atoms with Gasteiger partial charge in [0.25, 0.3) is 11.8 Å². The molecule has 148 valence electrons. The van der Waals surface area contributed by atoms with Crippen molar-refractivity contribution in [2.45, 2.75) is 25.3 Å². The molecule has 7 heteroatoms. The molecule has 0 aromatic heterocycles. The van der Waals surface area contributed by atoms with Gasteiger partial charge < -0.3 is 15.4 Å². The van der Waals surface area contributed by atoms with Crippen LogP contribution >= 0.6 is 0 Å². The van der Waals surface area contributed by atoms with E-state index in [1.54, 1.807) is 55.5 Å². The summed E-state index contributed by atoms with van der Waals surface area (Å²) in [6.45, 7) is 1.16. The second kappa shape index (κ2) is 8.57. The molecule has 1 saturated carbocycles. The molecule has 0 saturated heterocycles. The van der Waals surface area contributed by atoms with E-state index in [1.807, 2.05) is 0 Å². The van der Waals surface area contributed by atoms with Gasteiger partial charge in [-0.15, -0.1) is 0 Å². The molecule has 2 N–H and O–H groups in total. The van der Waals surface area contributed by atoms with Crippen LogP contribution in [0.5, 0.6) is 0 Å². The number of hydrogen-bond donors (Lipinski definition) is 2. The third-order valence-electron chi connectivity index (χ3n) is 4.79. The molecule has 0 heterocycles. The molecule has 0 radical (unpaired) electrons. The van der Waals surface area contributed by atoms with Crippen molar-refractivity contribution in [3.05, 3.63) is 65.7 Å². The molecule has 29 heavy (non-hydrogen) atoms. The quantitative estimate of drug-likeness (QED) is 0.706. The predicted octanol–water partition coefficient (Wildman–Crippen LogP) is 2.90. The second-order valence-corrected chi connectivity index (χ2v) is 7.08. The minimum atomic E-state index is -0.953. The van der Waals surface area contributed by atoms with Gasteiger partial charge in [-0.05, 0) is 49.9 Å². The molecule has 2 amide bonds. The van der Waals surface area contributed by atoms with Gasteiger partial charge >= 0.3 is 5.97 Å². The Balaban J connectivity index is 1.62. The van der Waals surface area contributed by atoms with Crippen molar-refractivity contribution >= 4 is 23.5 Å². The lowest BCUT2D eigenvalue weighted by molar-refractivity contribution is -0.125. The summed E-state index contributed by atoms with van der Waals surface area (Å²) in [7, 11) is 0. The first-order valence-electron chi connectivity index (χ1n) is 9.28. The lowest BCUT2D eigenvalue weighted by atomic mass is 9.98. The number of nitrogens with one attached hydrogen (secondary N) is 2. The summed E-state index contributed by atoms with van der Waals surface area (Å²) in [4.78, 5) is 36.9. The molecule has 0 spiro atoms. The molecule has 7 nitrogen and oxygen atoms in total. The van der Waals surface area contributed by atoms with Crippen LogP contribution in [-0.2, 0) is 9.53 Å². The lowest BCUT2D eigenvalue weighted by Crippen LogP contribution is -2.48. The molecular formula is C22H21N3O4. The summed E-state index contributed by atoms with van der Waals surface area (Å²) in [6.07, 6.45) is 1.78. The normalized spacial score (nSPS) is 14.8. The Bertz CT molecular complexity index is 964. The fraction of sp³-hybridized carbons (Fsp3) is 0.273. The van der Waals surface area contributed by atoms with Gasteiger partial charge in [-0.3, -0.25) is 9.59 Å². The maximum Gasteiger partial charge on any atom is 0.340 e. The van der Waals surface area contributed by atoms with Gasteiger partial charge in [-0.25, -0.2) is 4.79 Å². The Kier molecular flexibility index (Phi) is 5.93. The number of carbonyl (C=O) groups excluding carboxylic acids is 3. The standard InChI is InChI=1S/C22H21N3O4/c1-22(14-23,16-11-12-16)25-19(26)13-29-21(28)17-9-5-6-10-18(17)24-20(27)15-7-3-2-4-8-15/h2-10,16H,11-13H2,1H3,(H,24,27)(H,25,26)/t22-/m1/s1. The van der Waals surface area contributed by atoms with Gasteiger partial charge in [-0.1, -0.05) is 30.3 Å². The van der Waals surface area contributed by atoms with Crippen LogP contribution in [0.15, 0.2) is 54.6 Å². The van der Waals surface area contributed by atoms with Crippen LogP contribution in [0, 0.1) is 17.2 Å². The number of carbonyl (C=O) groups is 3. The zero-order valence-corrected chi connectivity index (χ0v) is 16.0. The number of ether oxygens (including phenoxy) is 1. The second-order valence-electron chi connectivity index (χ2n) is 7.08.